The molecule has 2 aliphatic heterocycles. The third-order valence-electron chi connectivity index (χ3n) is 7.39. The standard InChI is InChI=1S/C30H36N6O5/c1-20(2)41-30(39)36-25-19-35(29(38)26(40-4)21-8-6-5-7-9-21)18-24(25)27(32-36)31-28(37)22-10-12-23(13-11-22)34-16-14-33(3)15-17-34/h5-13,20,26H,14-19H2,1-4H3,(H,31,32,37). The number of hydrogen-bond donors (Lipinski definition) is 1. The molecule has 216 valence electrons. The van der Waals surface area contributed by atoms with E-state index in [9.17, 15) is 14.4 Å². The Labute approximate surface area is 239 Å². The average Bonchev–Trinajstić information content (AvgIpc) is 3.55. The van der Waals surface area contributed by atoms with Gasteiger partial charge in [0, 0.05) is 50.1 Å². The number of carbonyl (C=O) groups is 3. The Morgan fingerprint density at radius 2 is 1.61 bits per heavy atom. The molecule has 11 nitrogen and oxygen atoms in total. The van der Waals surface area contributed by atoms with Crippen LogP contribution in [0.5, 0.6) is 0 Å². The van der Waals surface area contributed by atoms with E-state index < -0.39 is 12.2 Å². The highest BCUT2D eigenvalue weighted by molar-refractivity contribution is 6.04. The third kappa shape index (κ3) is 6.10. The van der Waals surface area contributed by atoms with Crippen LogP contribution in [0.4, 0.5) is 16.3 Å². The van der Waals surface area contributed by atoms with Crippen molar-refractivity contribution in [2.45, 2.75) is 39.1 Å². The molecule has 2 aliphatic rings. The van der Waals surface area contributed by atoms with Gasteiger partial charge in [-0.3, -0.25) is 9.59 Å². The summed E-state index contributed by atoms with van der Waals surface area (Å²) < 4.78 is 12.1. The predicted molar refractivity (Wildman–Crippen MR) is 154 cm³/mol. The van der Waals surface area contributed by atoms with E-state index in [1.807, 2.05) is 42.5 Å². The Bertz CT molecular complexity index is 1400. The lowest BCUT2D eigenvalue weighted by Gasteiger charge is -2.34. The van der Waals surface area contributed by atoms with E-state index in [0.717, 1.165) is 42.1 Å². The SMILES string of the molecule is COC(C(=O)N1Cc2c(NC(=O)c3ccc(N4CCN(C)CC4)cc3)nn(C(=O)OC(C)C)c2C1)c1ccccc1. The molecule has 0 aliphatic carbocycles. The van der Waals surface area contributed by atoms with E-state index in [2.05, 4.69) is 27.3 Å². The zero-order valence-electron chi connectivity index (χ0n) is 23.9. The van der Waals surface area contributed by atoms with Gasteiger partial charge in [0.2, 0.25) is 0 Å². The number of nitrogens with one attached hydrogen (secondary N) is 1. The molecular formula is C30H36N6O5. The molecule has 11 heteroatoms. The molecule has 0 spiro atoms. The van der Waals surface area contributed by atoms with Crippen molar-refractivity contribution in [3.63, 3.8) is 0 Å². The van der Waals surface area contributed by atoms with E-state index >= 15 is 0 Å². The number of fused-ring (bicyclic) bond motifs is 1. The lowest BCUT2D eigenvalue weighted by molar-refractivity contribution is -0.143. The number of methoxy groups -OCH3 is 1. The number of anilines is 2. The van der Waals surface area contributed by atoms with Crippen LogP contribution in [-0.4, -0.2) is 83.9 Å². The second kappa shape index (κ2) is 12.1. The number of amides is 2. The van der Waals surface area contributed by atoms with Gasteiger partial charge in [-0.2, -0.15) is 4.68 Å². The van der Waals surface area contributed by atoms with E-state index in [1.54, 1.807) is 30.9 Å². The van der Waals surface area contributed by atoms with E-state index in [0.29, 0.717) is 16.8 Å². The van der Waals surface area contributed by atoms with Crippen LogP contribution in [0, 0.1) is 0 Å². The van der Waals surface area contributed by atoms with Crippen LogP contribution in [0.2, 0.25) is 0 Å². The van der Waals surface area contributed by atoms with Crippen molar-refractivity contribution in [2.75, 3.05) is 50.6 Å². The van der Waals surface area contributed by atoms with Crippen LogP contribution in [0.15, 0.2) is 54.6 Å². The fraction of sp³-hybridized carbons (Fsp3) is 0.400. The van der Waals surface area contributed by atoms with Crippen LogP contribution in [-0.2, 0) is 27.4 Å². The first kappa shape index (κ1) is 28.3. The predicted octanol–water partition coefficient (Wildman–Crippen LogP) is 3.51. The number of nitrogens with zero attached hydrogens (tertiary/aromatic N) is 5. The molecule has 0 bridgehead atoms. The maximum absolute atomic E-state index is 13.5. The van der Waals surface area contributed by atoms with Crippen LogP contribution < -0.4 is 10.2 Å². The Hall–Kier alpha value is -4.22. The van der Waals surface area contributed by atoms with Crippen molar-refractivity contribution >= 4 is 29.4 Å². The first-order valence-corrected chi connectivity index (χ1v) is 13.8. The minimum Gasteiger partial charge on any atom is -0.445 e. The van der Waals surface area contributed by atoms with Gasteiger partial charge in [0.15, 0.2) is 11.9 Å². The minimum absolute atomic E-state index is 0.122. The molecule has 3 heterocycles. The molecule has 1 atom stereocenters. The minimum atomic E-state index is -0.805. The Kier molecular flexibility index (Phi) is 8.36. The molecule has 1 fully saturated rings. The molecule has 2 aromatic carbocycles. The highest BCUT2D eigenvalue weighted by atomic mass is 16.6. The molecule has 1 saturated heterocycles. The summed E-state index contributed by atoms with van der Waals surface area (Å²) in [6.07, 6.45) is -1.84. The zero-order valence-corrected chi connectivity index (χ0v) is 23.9. The van der Waals surface area contributed by atoms with Crippen molar-refractivity contribution in [2.24, 2.45) is 0 Å². The van der Waals surface area contributed by atoms with Crippen molar-refractivity contribution in [3.8, 4) is 0 Å². The summed E-state index contributed by atoms with van der Waals surface area (Å²) >= 11 is 0. The molecule has 3 aromatic rings. The van der Waals surface area contributed by atoms with Crippen LogP contribution >= 0.6 is 0 Å². The van der Waals surface area contributed by atoms with Gasteiger partial charge in [0.25, 0.3) is 11.8 Å². The number of rotatable bonds is 7. The second-order valence-corrected chi connectivity index (χ2v) is 10.6. The number of ether oxygens (including phenoxy) is 2. The van der Waals surface area contributed by atoms with Gasteiger partial charge < -0.3 is 29.5 Å². The maximum Gasteiger partial charge on any atom is 0.435 e. The van der Waals surface area contributed by atoms with Crippen LogP contribution in [0.25, 0.3) is 0 Å². The lowest BCUT2D eigenvalue weighted by atomic mass is 10.1. The number of benzene rings is 2. The van der Waals surface area contributed by atoms with Crippen molar-refractivity contribution in [1.29, 1.82) is 0 Å². The normalized spacial score (nSPS) is 16.0. The second-order valence-electron chi connectivity index (χ2n) is 10.6. The Morgan fingerprint density at radius 1 is 0.927 bits per heavy atom. The number of likely N-dealkylation sites (N-methyl/N-ethyl adjacent to an activating group) is 1. The highest BCUT2D eigenvalue weighted by Gasteiger charge is 2.36. The van der Waals surface area contributed by atoms with Gasteiger partial charge in [0.05, 0.1) is 24.9 Å². The van der Waals surface area contributed by atoms with E-state index in [-0.39, 0.29) is 36.8 Å². The summed E-state index contributed by atoms with van der Waals surface area (Å²) in [4.78, 5) is 45.8. The molecule has 2 amide bonds. The number of hydrogen-bond acceptors (Lipinski definition) is 8. The maximum atomic E-state index is 13.5. The van der Waals surface area contributed by atoms with Gasteiger partial charge in [0.1, 0.15) is 0 Å². The van der Waals surface area contributed by atoms with Crippen LogP contribution in [0.1, 0.15) is 47.1 Å². The van der Waals surface area contributed by atoms with Gasteiger partial charge in [-0.1, -0.05) is 30.3 Å². The molecule has 1 N–H and O–H groups in total. The molecule has 0 radical (unpaired) electrons. The third-order valence-corrected chi connectivity index (χ3v) is 7.39. The molecule has 1 unspecified atom stereocenters. The fourth-order valence-electron chi connectivity index (χ4n) is 5.14. The smallest absolute Gasteiger partial charge is 0.435 e. The van der Waals surface area contributed by atoms with Crippen LogP contribution in [0.3, 0.4) is 0 Å². The summed E-state index contributed by atoms with van der Waals surface area (Å²) in [5.74, 6) is -0.392. The average molecular weight is 561 g/mol. The largest absolute Gasteiger partial charge is 0.445 e. The number of aromatic nitrogens is 2. The topological polar surface area (TPSA) is 109 Å². The van der Waals surface area contributed by atoms with E-state index in [4.69, 9.17) is 9.47 Å². The lowest BCUT2D eigenvalue weighted by Crippen LogP contribution is -2.44. The first-order chi connectivity index (χ1) is 19.7. The summed E-state index contributed by atoms with van der Waals surface area (Å²) in [6, 6.07) is 16.7. The van der Waals surface area contributed by atoms with Gasteiger partial charge >= 0.3 is 6.09 Å². The van der Waals surface area contributed by atoms with Gasteiger partial charge in [-0.25, -0.2) is 4.79 Å². The van der Waals surface area contributed by atoms with Crippen molar-refractivity contribution < 1.29 is 23.9 Å². The Balaban J connectivity index is 1.36. The summed E-state index contributed by atoms with van der Waals surface area (Å²) in [5.41, 5.74) is 3.34. The first-order valence-electron chi connectivity index (χ1n) is 13.8. The van der Waals surface area contributed by atoms with E-state index in [1.165, 1.54) is 7.11 Å². The van der Waals surface area contributed by atoms with Crippen molar-refractivity contribution in [3.05, 3.63) is 77.0 Å². The molecule has 0 saturated carbocycles. The summed E-state index contributed by atoms with van der Waals surface area (Å²) in [5, 5.41) is 7.25. The summed E-state index contributed by atoms with van der Waals surface area (Å²) in [6.45, 7) is 7.62. The molecule has 41 heavy (non-hydrogen) atoms. The monoisotopic (exact) mass is 560 g/mol. The van der Waals surface area contributed by atoms with Crippen molar-refractivity contribution in [1.82, 2.24) is 19.6 Å². The molecular weight excluding hydrogens is 524 g/mol. The number of piperazine rings is 1. The van der Waals surface area contributed by atoms with Gasteiger partial charge in [-0.15, -0.1) is 5.10 Å². The summed E-state index contributed by atoms with van der Waals surface area (Å²) in [7, 11) is 3.60. The highest BCUT2D eigenvalue weighted by Crippen LogP contribution is 2.33. The molecule has 1 aromatic heterocycles. The quantitative estimate of drug-likeness (QED) is 0.468. The zero-order chi connectivity index (χ0) is 29.1. The fourth-order valence-corrected chi connectivity index (χ4v) is 5.14. The van der Waals surface area contributed by atoms with Gasteiger partial charge in [-0.05, 0) is 50.7 Å². The Morgan fingerprint density at radius 3 is 2.24 bits per heavy atom. The number of carbonyl (C=O) groups excluding carboxylic acids is 3. The molecule has 5 rings (SSSR count).